The Morgan fingerprint density at radius 2 is 0.370 bits per heavy atom. The second-order valence-corrected chi connectivity index (χ2v) is 8.74. The van der Waals surface area contributed by atoms with Gasteiger partial charge < -0.3 is 0 Å². The molecule has 0 aromatic carbocycles. The molecule has 0 aliphatic carbocycles. The van der Waals surface area contributed by atoms with Crippen molar-refractivity contribution in [1.29, 1.82) is 0 Å². The van der Waals surface area contributed by atoms with Crippen LogP contribution in [0, 0.1) is 0 Å². The van der Waals surface area contributed by atoms with Crippen molar-refractivity contribution < 1.29 is 182 Å². The van der Waals surface area contributed by atoms with Crippen LogP contribution in [0.5, 0.6) is 0 Å². The molecule has 0 aliphatic heterocycles. The molecule has 0 aromatic rings. The second-order valence-electron chi connectivity index (χ2n) is 2.12. The molecule has 4 N–H and O–H groups in total. The summed E-state index contributed by atoms with van der Waals surface area (Å²) in [5.41, 5.74) is 0. The van der Waals surface area contributed by atoms with Crippen LogP contribution in [0.1, 0.15) is 0 Å². The van der Waals surface area contributed by atoms with E-state index in [1.54, 1.807) is 0 Å². The topological polar surface area (TPSA) is 390 Å². The van der Waals surface area contributed by atoms with E-state index in [4.69, 9.17) is 79.6 Å². The predicted octanol–water partition coefficient (Wildman–Crippen LogP) is -10.6. The van der Waals surface area contributed by atoms with Crippen LogP contribution in [0.3, 0.4) is 0 Å². The maximum absolute atomic E-state index is 8.82. The summed E-state index contributed by atoms with van der Waals surface area (Å²) in [6, 6.07) is 0. The van der Waals surface area contributed by atoms with Crippen molar-refractivity contribution in [1.82, 2.24) is 0 Å². The first-order chi connectivity index (χ1) is 10.0. The molecule has 0 atom stereocenters. The fourth-order valence-electron chi connectivity index (χ4n) is 0. The van der Waals surface area contributed by atoms with Gasteiger partial charge >= 0.3 is 182 Å². The average Bonchev–Trinajstić information content (AvgIpc) is 1.79. The molecular weight excluding hydrogens is 684 g/mol. The summed E-state index contributed by atoms with van der Waals surface area (Å²) >= 11 is -27.8. The zero-order valence-electron chi connectivity index (χ0n) is 11.2. The van der Waals surface area contributed by atoms with Crippen molar-refractivity contribution in [3.8, 4) is 0 Å². The van der Waals surface area contributed by atoms with Crippen LogP contribution < -0.4 is 24.9 Å². The first-order valence-electron chi connectivity index (χ1n) is 3.40. The summed E-state index contributed by atoms with van der Waals surface area (Å²) in [4.78, 5) is 0. The van der Waals surface area contributed by atoms with E-state index in [1.807, 2.05) is 0 Å². The molecular formula is H4Cr7O20. The van der Waals surface area contributed by atoms with E-state index in [0.717, 1.165) is 0 Å². The van der Waals surface area contributed by atoms with E-state index in [2.05, 4.69) is 0 Å². The van der Waals surface area contributed by atoms with Crippen LogP contribution in [-0.4, -0.2) is 16.6 Å². The van der Waals surface area contributed by atoms with Crippen LogP contribution in [0.25, 0.3) is 0 Å². The first-order valence-corrected chi connectivity index (χ1v) is 14.0. The van der Waals surface area contributed by atoms with Gasteiger partial charge in [0.05, 0.1) is 0 Å². The summed E-state index contributed by atoms with van der Waals surface area (Å²) < 4.78 is 167. The van der Waals surface area contributed by atoms with Gasteiger partial charge in [0.15, 0.2) is 0 Å². The fraction of sp³-hybridized carbons (Fsp3) is 0. The van der Waals surface area contributed by atoms with E-state index < -0.39 is 68.1 Å². The summed E-state index contributed by atoms with van der Waals surface area (Å²) in [6.45, 7) is 0. The van der Waals surface area contributed by atoms with E-state index in [9.17, 15) is 0 Å². The average molecular weight is 688 g/mol. The monoisotopic (exact) mass is 688 g/mol. The fourth-order valence-corrected chi connectivity index (χ4v) is 0. The molecule has 166 valence electrons. The molecule has 20 nitrogen and oxygen atoms in total. The third-order valence-electron chi connectivity index (χ3n) is 0. The zero-order chi connectivity index (χ0) is 22.5. The molecule has 0 saturated carbocycles. The minimum absolute atomic E-state index is 0. The molecule has 0 bridgehead atoms. The van der Waals surface area contributed by atoms with Gasteiger partial charge in [-0.25, -0.2) is 0 Å². The molecule has 0 amide bonds. The molecule has 2 radical (unpaired) electrons. The van der Waals surface area contributed by atoms with Crippen molar-refractivity contribution in [3.05, 3.63) is 0 Å². The second kappa shape index (κ2) is 19.3. The normalized spacial score (nSPS) is 10.7. The summed E-state index contributed by atoms with van der Waals surface area (Å²) in [6.07, 6.45) is 0. The Kier molecular flexibility index (Phi) is 33.2. The molecule has 0 heterocycles. The van der Waals surface area contributed by atoms with E-state index >= 15 is 0 Å². The van der Waals surface area contributed by atoms with E-state index in [0.29, 0.717) is 0 Å². The van der Waals surface area contributed by atoms with Crippen LogP contribution in [0.4, 0.5) is 0 Å². The molecule has 0 saturated heterocycles. The Morgan fingerprint density at radius 1 is 0.370 bits per heavy atom. The Balaban J connectivity index is -0.0000000364. The van der Waals surface area contributed by atoms with E-state index in [-0.39, 0.29) is 34.7 Å². The van der Waals surface area contributed by atoms with Crippen molar-refractivity contribution >= 4 is 0 Å². The van der Waals surface area contributed by atoms with Crippen molar-refractivity contribution in [3.63, 3.8) is 0 Å². The SMILES string of the molecule is [Cr+3].[Cr+3].[O]=[Cr](=[O])([O-])[O-].[O]=[Cr](=[O])([O-])[O-].[O]=[Cr](=[O])([O-])[O-].[O]=[Cr](=[O])([OH])[OH].[O]=[Cr](=[O])([OH])[OH]. The quantitative estimate of drug-likeness (QED) is 0.183. The Labute approximate surface area is 180 Å². The van der Waals surface area contributed by atoms with E-state index in [1.165, 1.54) is 0 Å². The van der Waals surface area contributed by atoms with Gasteiger partial charge in [0.25, 0.3) is 0 Å². The third kappa shape index (κ3) is 9950. The van der Waals surface area contributed by atoms with Gasteiger partial charge in [-0.05, 0) is 0 Å². The van der Waals surface area contributed by atoms with Crippen molar-refractivity contribution in [2.24, 2.45) is 0 Å². The maximum atomic E-state index is 8.82. The first kappa shape index (κ1) is 46.5. The van der Waals surface area contributed by atoms with Gasteiger partial charge in [0.2, 0.25) is 0 Å². The molecule has 0 fully saturated rings. The summed E-state index contributed by atoms with van der Waals surface area (Å²) in [5.74, 6) is 0. The number of hydrogen-bond acceptors (Lipinski definition) is 16. The molecule has 27 heteroatoms. The van der Waals surface area contributed by atoms with Crippen LogP contribution in [-0.2, 0) is 141 Å². The molecule has 0 rings (SSSR count). The predicted molar refractivity (Wildman–Crippen MR) is 15.7 cm³/mol. The standard InChI is InChI=1S/7Cr.4H2O.16O/h;;;;;;;4*1H2;;;;;;;;;;;;;;;;/q;;;2*+2;2*+3;;;;;;;;;;;;;;;6*-1/p-4. The van der Waals surface area contributed by atoms with Gasteiger partial charge in [-0.2, -0.15) is 0 Å². The molecule has 0 spiro atoms. The molecule has 27 heavy (non-hydrogen) atoms. The van der Waals surface area contributed by atoms with Gasteiger partial charge in [-0.15, -0.1) is 0 Å². The number of hydrogen-bond donors (Lipinski definition) is 4. The van der Waals surface area contributed by atoms with Gasteiger partial charge in [0, 0.05) is 0 Å². The minimum atomic E-state index is -5.75. The van der Waals surface area contributed by atoms with Crippen molar-refractivity contribution in [2.75, 3.05) is 0 Å². The van der Waals surface area contributed by atoms with Gasteiger partial charge in [-0.1, -0.05) is 0 Å². The number of rotatable bonds is 0. The van der Waals surface area contributed by atoms with Crippen molar-refractivity contribution in [2.45, 2.75) is 0 Å². The molecule has 0 unspecified atom stereocenters. The van der Waals surface area contributed by atoms with Gasteiger partial charge in [-0.3, -0.25) is 0 Å². The Bertz CT molecular complexity index is 612. The zero-order valence-corrected chi connectivity index (χ0v) is 20.1. The van der Waals surface area contributed by atoms with Crippen LogP contribution >= 0.6 is 0 Å². The Morgan fingerprint density at radius 3 is 0.370 bits per heavy atom. The van der Waals surface area contributed by atoms with Crippen LogP contribution in [0.15, 0.2) is 0 Å². The summed E-state index contributed by atoms with van der Waals surface area (Å²) in [5, 5.41) is 0. The third-order valence-corrected chi connectivity index (χ3v) is 0. The Hall–Kier alpha value is 1.33. The van der Waals surface area contributed by atoms with Crippen LogP contribution in [0.2, 0.25) is 0 Å². The molecule has 0 aliphatic rings. The summed E-state index contributed by atoms with van der Waals surface area (Å²) in [7, 11) is 0. The molecule has 0 aromatic heterocycles. The van der Waals surface area contributed by atoms with Gasteiger partial charge in [0.1, 0.15) is 0 Å².